The van der Waals surface area contributed by atoms with Crippen molar-refractivity contribution in [1.29, 1.82) is 0 Å². The van der Waals surface area contributed by atoms with Gasteiger partial charge in [0.05, 0.1) is 29.2 Å². The Morgan fingerprint density at radius 2 is 1.86 bits per heavy atom. The van der Waals surface area contributed by atoms with Gasteiger partial charge in [-0.15, -0.1) is 0 Å². The molecule has 1 N–H and O–H groups in total. The van der Waals surface area contributed by atoms with E-state index < -0.39 is 5.41 Å². The number of carbonyl (C=O) groups is 1. The second-order valence-corrected chi connectivity index (χ2v) is 8.14. The van der Waals surface area contributed by atoms with E-state index >= 15 is 0 Å². The van der Waals surface area contributed by atoms with Crippen LogP contribution in [-0.2, 0) is 17.9 Å². The van der Waals surface area contributed by atoms with Crippen LogP contribution in [0.4, 0.5) is 0 Å². The zero-order chi connectivity index (χ0) is 20.1. The molecule has 0 aliphatic rings. The third kappa shape index (κ3) is 4.84. The van der Waals surface area contributed by atoms with Gasteiger partial charge in [-0.05, 0) is 30.7 Å². The maximum absolute atomic E-state index is 12.2. The summed E-state index contributed by atoms with van der Waals surface area (Å²) in [5.74, 6) is 1.54. The molecule has 1 heterocycles. The smallest absolute Gasteiger partial charge is 0.225 e. The molecule has 0 saturated carbocycles. The fourth-order valence-electron chi connectivity index (χ4n) is 2.90. The van der Waals surface area contributed by atoms with Gasteiger partial charge in [-0.25, -0.2) is 4.98 Å². The molecule has 1 amide bonds. The van der Waals surface area contributed by atoms with Crippen LogP contribution in [0.2, 0.25) is 5.02 Å². The third-order valence-corrected chi connectivity index (χ3v) is 4.75. The monoisotopic (exact) mass is 399 g/mol. The van der Waals surface area contributed by atoms with E-state index in [1.807, 2.05) is 69.3 Å². The van der Waals surface area contributed by atoms with Crippen molar-refractivity contribution in [1.82, 2.24) is 14.9 Å². The van der Waals surface area contributed by atoms with Gasteiger partial charge in [0.2, 0.25) is 5.91 Å². The Bertz CT molecular complexity index is 960. The molecule has 0 atom stereocenters. The molecule has 0 unspecified atom stereocenters. The van der Waals surface area contributed by atoms with Crippen LogP contribution in [0.5, 0.6) is 5.75 Å². The van der Waals surface area contributed by atoms with Gasteiger partial charge in [0.15, 0.2) is 0 Å². The van der Waals surface area contributed by atoms with Gasteiger partial charge in [-0.1, -0.05) is 56.6 Å². The van der Waals surface area contributed by atoms with Gasteiger partial charge in [0.1, 0.15) is 11.6 Å². The number of rotatable bonds is 7. The van der Waals surface area contributed by atoms with Crippen LogP contribution >= 0.6 is 11.6 Å². The molecule has 1 aromatic heterocycles. The van der Waals surface area contributed by atoms with Crippen LogP contribution < -0.4 is 10.1 Å². The van der Waals surface area contributed by atoms with Crippen molar-refractivity contribution in [3.05, 3.63) is 59.4 Å². The molecule has 0 aliphatic heterocycles. The zero-order valence-electron chi connectivity index (χ0n) is 16.5. The quantitative estimate of drug-likeness (QED) is 0.579. The zero-order valence-corrected chi connectivity index (χ0v) is 17.3. The number of hydrogen-bond acceptors (Lipinski definition) is 3. The lowest BCUT2D eigenvalue weighted by Gasteiger charge is -2.18. The number of ether oxygens (including phenoxy) is 1. The summed E-state index contributed by atoms with van der Waals surface area (Å²) >= 11 is 6.13. The summed E-state index contributed by atoms with van der Waals surface area (Å²) in [4.78, 5) is 16.9. The van der Waals surface area contributed by atoms with Gasteiger partial charge < -0.3 is 14.6 Å². The van der Waals surface area contributed by atoms with Gasteiger partial charge >= 0.3 is 0 Å². The molecular weight excluding hydrogens is 374 g/mol. The van der Waals surface area contributed by atoms with E-state index in [9.17, 15) is 4.79 Å². The van der Waals surface area contributed by atoms with Crippen molar-refractivity contribution in [2.45, 2.75) is 40.3 Å². The van der Waals surface area contributed by atoms with E-state index in [1.54, 1.807) is 0 Å². The van der Waals surface area contributed by atoms with E-state index in [1.165, 1.54) is 0 Å². The highest BCUT2D eigenvalue weighted by Gasteiger charge is 2.21. The maximum atomic E-state index is 12.2. The second-order valence-electron chi connectivity index (χ2n) is 7.73. The van der Waals surface area contributed by atoms with Crippen LogP contribution in [0, 0.1) is 5.41 Å². The van der Waals surface area contributed by atoms with Crippen molar-refractivity contribution in [2.75, 3.05) is 6.61 Å². The number of nitrogens with zero attached hydrogens (tertiary/aromatic N) is 2. The Morgan fingerprint density at radius 1 is 1.14 bits per heavy atom. The Morgan fingerprint density at radius 3 is 2.61 bits per heavy atom. The average molecular weight is 400 g/mol. The van der Waals surface area contributed by atoms with Crippen LogP contribution in [-0.4, -0.2) is 22.1 Å². The standard InChI is InChI=1S/C22H26ClN3O2/c1-22(2,3)21(27)24-15-20-25-17-10-5-6-11-18(17)26(20)13-8-14-28-19-12-7-4-9-16(19)23/h4-7,9-12H,8,13-15H2,1-3H3,(H,24,27). The summed E-state index contributed by atoms with van der Waals surface area (Å²) in [7, 11) is 0. The Kier molecular flexibility index (Phi) is 6.25. The van der Waals surface area contributed by atoms with Gasteiger partial charge in [-0.3, -0.25) is 4.79 Å². The van der Waals surface area contributed by atoms with Crippen molar-refractivity contribution in [3.8, 4) is 5.75 Å². The summed E-state index contributed by atoms with van der Waals surface area (Å²) in [6.07, 6.45) is 0.797. The number of fused-ring (bicyclic) bond motifs is 1. The number of amides is 1. The van der Waals surface area contributed by atoms with Crippen LogP contribution in [0.15, 0.2) is 48.5 Å². The molecular formula is C22H26ClN3O2. The van der Waals surface area contributed by atoms with Crippen molar-refractivity contribution in [2.24, 2.45) is 5.41 Å². The van der Waals surface area contributed by atoms with E-state index in [0.717, 1.165) is 29.8 Å². The molecule has 0 saturated heterocycles. The number of aryl methyl sites for hydroxylation is 1. The Hall–Kier alpha value is -2.53. The summed E-state index contributed by atoms with van der Waals surface area (Å²) in [6, 6.07) is 15.5. The molecule has 5 nitrogen and oxygen atoms in total. The first kappa shape index (κ1) is 20.2. The van der Waals surface area contributed by atoms with Crippen molar-refractivity contribution < 1.29 is 9.53 Å². The van der Waals surface area contributed by atoms with Crippen molar-refractivity contribution >= 4 is 28.5 Å². The van der Waals surface area contributed by atoms with Gasteiger partial charge in [0.25, 0.3) is 0 Å². The van der Waals surface area contributed by atoms with E-state index in [4.69, 9.17) is 21.3 Å². The summed E-state index contributed by atoms with van der Waals surface area (Å²) in [5.41, 5.74) is 1.55. The lowest BCUT2D eigenvalue weighted by molar-refractivity contribution is -0.128. The Balaban J connectivity index is 1.68. The summed E-state index contributed by atoms with van der Waals surface area (Å²) < 4.78 is 7.94. The highest BCUT2D eigenvalue weighted by molar-refractivity contribution is 6.32. The molecule has 0 radical (unpaired) electrons. The third-order valence-electron chi connectivity index (χ3n) is 4.44. The molecule has 0 bridgehead atoms. The molecule has 148 valence electrons. The lowest BCUT2D eigenvalue weighted by atomic mass is 9.96. The average Bonchev–Trinajstić information content (AvgIpc) is 3.01. The number of para-hydroxylation sites is 3. The Labute approximate surface area is 170 Å². The molecule has 28 heavy (non-hydrogen) atoms. The number of imidazole rings is 1. The predicted molar refractivity (Wildman–Crippen MR) is 113 cm³/mol. The van der Waals surface area contributed by atoms with E-state index in [-0.39, 0.29) is 5.91 Å². The van der Waals surface area contributed by atoms with E-state index in [2.05, 4.69) is 9.88 Å². The van der Waals surface area contributed by atoms with Gasteiger partial charge in [0, 0.05) is 12.0 Å². The van der Waals surface area contributed by atoms with Crippen LogP contribution in [0.1, 0.15) is 33.0 Å². The number of aromatic nitrogens is 2. The van der Waals surface area contributed by atoms with Crippen molar-refractivity contribution in [3.63, 3.8) is 0 Å². The number of halogens is 1. The number of hydrogen-bond donors (Lipinski definition) is 1. The van der Waals surface area contributed by atoms with E-state index in [0.29, 0.717) is 23.9 Å². The number of benzene rings is 2. The number of carbonyl (C=O) groups excluding carboxylic acids is 1. The predicted octanol–water partition coefficient (Wildman–Crippen LogP) is 4.82. The van der Waals surface area contributed by atoms with Gasteiger partial charge in [-0.2, -0.15) is 0 Å². The second kappa shape index (κ2) is 8.65. The first-order valence-corrected chi connectivity index (χ1v) is 9.84. The minimum absolute atomic E-state index is 0.00755. The highest BCUT2D eigenvalue weighted by atomic mass is 35.5. The molecule has 0 fully saturated rings. The first-order valence-electron chi connectivity index (χ1n) is 9.46. The minimum atomic E-state index is -0.431. The molecule has 3 rings (SSSR count). The fourth-order valence-corrected chi connectivity index (χ4v) is 3.09. The minimum Gasteiger partial charge on any atom is -0.492 e. The largest absolute Gasteiger partial charge is 0.492 e. The SMILES string of the molecule is CC(C)(C)C(=O)NCc1nc2ccccc2n1CCCOc1ccccc1Cl. The number of nitrogens with one attached hydrogen (secondary N) is 1. The molecule has 0 aliphatic carbocycles. The molecule has 0 spiro atoms. The first-order chi connectivity index (χ1) is 13.4. The highest BCUT2D eigenvalue weighted by Crippen LogP contribution is 2.23. The fraction of sp³-hybridized carbons (Fsp3) is 0.364. The topological polar surface area (TPSA) is 56.2 Å². The van der Waals surface area contributed by atoms with Crippen LogP contribution in [0.3, 0.4) is 0 Å². The molecule has 3 aromatic rings. The lowest BCUT2D eigenvalue weighted by Crippen LogP contribution is -2.35. The van der Waals surface area contributed by atoms with Crippen LogP contribution in [0.25, 0.3) is 11.0 Å². The summed E-state index contributed by atoms with van der Waals surface area (Å²) in [6.45, 7) is 7.39. The normalized spacial score (nSPS) is 11.6. The molecule has 6 heteroatoms. The summed E-state index contributed by atoms with van der Waals surface area (Å²) in [5, 5.41) is 3.61. The molecule has 2 aromatic carbocycles. The maximum Gasteiger partial charge on any atom is 0.225 e.